The molecule has 1 saturated heterocycles. The lowest BCUT2D eigenvalue weighted by molar-refractivity contribution is -0.251. The summed E-state index contributed by atoms with van der Waals surface area (Å²) in [5, 5.41) is 20.5. The third-order valence-corrected chi connectivity index (χ3v) is 7.45. The summed E-state index contributed by atoms with van der Waals surface area (Å²) in [5.74, 6) is -0.160. The minimum absolute atomic E-state index is 0.160. The first-order valence-corrected chi connectivity index (χ1v) is 12.2. The van der Waals surface area contributed by atoms with Gasteiger partial charge in [-0.1, -0.05) is 6.08 Å². The molecule has 5 N–H and O–H groups in total. The largest absolute Gasteiger partial charge is 0.756 e. The lowest BCUT2D eigenvalue weighted by Gasteiger charge is -2.35. The van der Waals surface area contributed by atoms with Gasteiger partial charge in [-0.2, -0.15) is 4.98 Å². The smallest absolute Gasteiger partial charge is 0.351 e. The van der Waals surface area contributed by atoms with E-state index in [1.807, 2.05) is 0 Å². The Balaban J connectivity index is 2.21. The van der Waals surface area contributed by atoms with Crippen LogP contribution in [0.4, 0.5) is 5.82 Å². The van der Waals surface area contributed by atoms with Gasteiger partial charge in [0.2, 0.25) is 0 Å². The van der Waals surface area contributed by atoms with Crippen molar-refractivity contribution < 1.29 is 61.4 Å². The number of aromatic nitrogens is 2. The van der Waals surface area contributed by atoms with Crippen LogP contribution in [0.5, 0.6) is 0 Å². The van der Waals surface area contributed by atoms with Crippen molar-refractivity contribution in [3.05, 3.63) is 35.4 Å². The SMILES string of the molecule is C=C[C@]1(COP(=O)([O-])OP(=O)([O-])OP(=O)([O-])O)O[C@@H](n2ccc(N)nc2=O)[C@H](O)[C@@H]1O. The van der Waals surface area contributed by atoms with Gasteiger partial charge in [0, 0.05) is 6.20 Å². The zero-order valence-corrected chi connectivity index (χ0v) is 17.7. The van der Waals surface area contributed by atoms with Gasteiger partial charge >= 0.3 is 5.69 Å². The molecule has 1 aromatic rings. The standard InChI is InChI=1S/C11H18N3O14P3/c1-2-11(5-25-30(21,22)28-31(23,24)27-29(18,19)20)8(16)7(15)9(26-11)14-4-3-6(12)13-10(14)17/h2-4,7-9,15-16H,1,5H2,(H,21,22)(H,23,24)(H2,12,13,17)(H2,18,19,20)/p-3/t7-,8+,9-,11-/m1/s1. The molecule has 2 heterocycles. The summed E-state index contributed by atoms with van der Waals surface area (Å²) in [7, 11) is -18.0. The summed E-state index contributed by atoms with van der Waals surface area (Å²) in [5.41, 5.74) is 2.12. The number of nitrogens with zero attached hydrogens (tertiary/aromatic N) is 2. The molecule has 0 spiro atoms. The van der Waals surface area contributed by atoms with Crippen molar-refractivity contribution in [2.75, 3.05) is 12.3 Å². The quantitative estimate of drug-likeness (QED) is 0.186. The van der Waals surface area contributed by atoms with Crippen LogP contribution in [-0.2, 0) is 31.6 Å². The van der Waals surface area contributed by atoms with Crippen LogP contribution in [0.15, 0.2) is 29.7 Å². The lowest BCUT2D eigenvalue weighted by Crippen LogP contribution is -2.45. The number of phosphoric acid groups is 3. The zero-order valence-electron chi connectivity index (χ0n) is 15.0. The Morgan fingerprint density at radius 2 is 1.90 bits per heavy atom. The molecule has 0 aromatic carbocycles. The van der Waals surface area contributed by atoms with E-state index in [1.54, 1.807) is 0 Å². The summed E-state index contributed by atoms with van der Waals surface area (Å²) in [6, 6.07) is 1.16. The summed E-state index contributed by atoms with van der Waals surface area (Å²) in [4.78, 5) is 57.1. The van der Waals surface area contributed by atoms with Crippen LogP contribution in [-0.4, -0.2) is 49.1 Å². The highest BCUT2D eigenvalue weighted by atomic mass is 31.3. The predicted octanol–water partition coefficient (Wildman–Crippen LogP) is -3.55. The van der Waals surface area contributed by atoms with Crippen molar-refractivity contribution in [3.8, 4) is 0 Å². The number of ether oxygens (including phenoxy) is 1. The van der Waals surface area contributed by atoms with Gasteiger partial charge in [-0.15, -0.1) is 6.58 Å². The molecule has 0 saturated carbocycles. The molecule has 20 heteroatoms. The van der Waals surface area contributed by atoms with Gasteiger partial charge in [0.05, 0.1) is 6.61 Å². The first kappa shape index (κ1) is 26.0. The molecule has 1 aromatic heterocycles. The van der Waals surface area contributed by atoms with E-state index in [1.165, 1.54) is 0 Å². The topological polar surface area (TPSA) is 279 Å². The number of rotatable bonds is 9. The molecule has 176 valence electrons. The van der Waals surface area contributed by atoms with Gasteiger partial charge in [0.1, 0.15) is 23.6 Å². The Morgan fingerprint density at radius 3 is 2.42 bits per heavy atom. The van der Waals surface area contributed by atoms with E-state index in [2.05, 4.69) is 24.7 Å². The number of phosphoric ester groups is 1. The first-order valence-electron chi connectivity index (χ1n) is 7.76. The second-order valence-electron chi connectivity index (χ2n) is 5.94. The number of hydrogen-bond acceptors (Lipinski definition) is 15. The van der Waals surface area contributed by atoms with Gasteiger partial charge < -0.3 is 44.8 Å². The van der Waals surface area contributed by atoms with Crippen LogP contribution in [0, 0.1) is 0 Å². The molecule has 0 bridgehead atoms. The molecule has 0 aliphatic carbocycles. The van der Waals surface area contributed by atoms with Crippen molar-refractivity contribution in [2.24, 2.45) is 0 Å². The number of anilines is 1. The fourth-order valence-electron chi connectivity index (χ4n) is 2.46. The molecular weight excluding hydrogens is 491 g/mol. The van der Waals surface area contributed by atoms with Crippen LogP contribution < -0.4 is 26.1 Å². The van der Waals surface area contributed by atoms with Crippen LogP contribution in [0.1, 0.15) is 6.23 Å². The van der Waals surface area contributed by atoms with Crippen molar-refractivity contribution in [1.82, 2.24) is 9.55 Å². The van der Waals surface area contributed by atoms with E-state index in [-0.39, 0.29) is 5.82 Å². The molecule has 7 atom stereocenters. The minimum atomic E-state index is -6.15. The Kier molecular flexibility index (Phi) is 7.47. The highest BCUT2D eigenvalue weighted by Gasteiger charge is 2.54. The summed E-state index contributed by atoms with van der Waals surface area (Å²) < 4.78 is 50.3. The molecule has 31 heavy (non-hydrogen) atoms. The first-order chi connectivity index (χ1) is 14.0. The van der Waals surface area contributed by atoms with Gasteiger partial charge in [-0.05, 0) is 6.07 Å². The van der Waals surface area contributed by atoms with E-state index < -0.39 is 59.8 Å². The van der Waals surface area contributed by atoms with Gasteiger partial charge in [0.15, 0.2) is 6.23 Å². The van der Waals surface area contributed by atoms with Crippen LogP contribution in [0.25, 0.3) is 0 Å². The van der Waals surface area contributed by atoms with E-state index in [0.717, 1.165) is 22.9 Å². The van der Waals surface area contributed by atoms with Crippen molar-refractivity contribution >= 4 is 29.3 Å². The van der Waals surface area contributed by atoms with Gasteiger partial charge in [-0.3, -0.25) is 18.3 Å². The maximum atomic E-state index is 11.9. The van der Waals surface area contributed by atoms with E-state index in [0.29, 0.717) is 0 Å². The van der Waals surface area contributed by atoms with Crippen molar-refractivity contribution in [2.45, 2.75) is 24.0 Å². The normalized spacial score (nSPS) is 32.0. The second-order valence-corrected chi connectivity index (χ2v) is 10.2. The number of nitrogens with two attached hydrogens (primary N) is 1. The van der Waals surface area contributed by atoms with Crippen LogP contribution >= 0.6 is 23.5 Å². The Bertz CT molecular complexity index is 1040. The molecule has 3 unspecified atom stereocenters. The molecule has 0 amide bonds. The Labute approximate surface area is 172 Å². The average Bonchev–Trinajstić information content (AvgIpc) is 2.82. The minimum Gasteiger partial charge on any atom is -0.756 e. The summed E-state index contributed by atoms with van der Waals surface area (Å²) in [6.07, 6.45) is -3.59. The molecule has 0 radical (unpaired) electrons. The molecule has 1 fully saturated rings. The van der Waals surface area contributed by atoms with E-state index in [4.69, 9.17) is 15.4 Å². The Morgan fingerprint density at radius 1 is 1.29 bits per heavy atom. The fraction of sp³-hybridized carbons (Fsp3) is 0.455. The molecule has 1 aliphatic heterocycles. The molecular formula is C11H15N3O14P3-3. The van der Waals surface area contributed by atoms with Crippen LogP contribution in [0.2, 0.25) is 0 Å². The number of aliphatic hydroxyl groups is 2. The summed E-state index contributed by atoms with van der Waals surface area (Å²) in [6.45, 7) is 2.05. The predicted molar refractivity (Wildman–Crippen MR) is 91.1 cm³/mol. The fourth-order valence-corrected chi connectivity index (χ4v) is 5.39. The molecule has 1 aliphatic rings. The third kappa shape index (κ3) is 6.37. The second kappa shape index (κ2) is 8.92. The summed E-state index contributed by atoms with van der Waals surface area (Å²) >= 11 is 0. The highest BCUT2D eigenvalue weighted by Crippen LogP contribution is 2.61. The average molecular weight is 506 g/mol. The highest BCUT2D eigenvalue weighted by molar-refractivity contribution is 7.65. The number of aliphatic hydroxyl groups excluding tert-OH is 2. The van der Waals surface area contributed by atoms with Crippen molar-refractivity contribution in [3.63, 3.8) is 0 Å². The Hall–Kier alpha value is -1.29. The maximum absolute atomic E-state index is 11.9. The van der Waals surface area contributed by atoms with Crippen molar-refractivity contribution in [1.29, 1.82) is 0 Å². The van der Waals surface area contributed by atoms with E-state index in [9.17, 15) is 43.4 Å². The number of hydrogen-bond donors (Lipinski definition) is 4. The number of nitrogen functional groups attached to an aromatic ring is 1. The van der Waals surface area contributed by atoms with Crippen LogP contribution in [0.3, 0.4) is 0 Å². The lowest BCUT2D eigenvalue weighted by atomic mass is 9.96. The molecule has 17 nitrogen and oxygen atoms in total. The zero-order chi connectivity index (χ0) is 23.8. The monoisotopic (exact) mass is 506 g/mol. The third-order valence-electron chi connectivity index (χ3n) is 3.78. The van der Waals surface area contributed by atoms with Gasteiger partial charge in [0.25, 0.3) is 23.5 Å². The molecule has 2 rings (SSSR count). The van der Waals surface area contributed by atoms with Gasteiger partial charge in [-0.25, -0.2) is 13.4 Å². The van der Waals surface area contributed by atoms with E-state index >= 15 is 0 Å². The maximum Gasteiger partial charge on any atom is 0.351 e.